The van der Waals surface area contributed by atoms with Crippen LogP contribution in [0.2, 0.25) is 5.02 Å². The molecule has 4 heteroatoms. The lowest BCUT2D eigenvalue weighted by Gasteiger charge is -2.31. The molecule has 1 N–H and O–H groups in total. The van der Waals surface area contributed by atoms with Crippen LogP contribution in [0.15, 0.2) is 53.4 Å². The minimum atomic E-state index is 0.268. The second-order valence-electron chi connectivity index (χ2n) is 5.87. The van der Waals surface area contributed by atoms with Gasteiger partial charge in [-0.3, -0.25) is 4.90 Å². The van der Waals surface area contributed by atoms with Crippen molar-refractivity contribution in [1.82, 2.24) is 10.2 Å². The molecule has 1 saturated heterocycles. The van der Waals surface area contributed by atoms with Gasteiger partial charge in [-0.25, -0.2) is 0 Å². The smallest absolute Gasteiger partial charge is 0.0602 e. The lowest BCUT2D eigenvalue weighted by atomic mass is 9.97. The van der Waals surface area contributed by atoms with E-state index in [4.69, 9.17) is 11.6 Å². The van der Waals surface area contributed by atoms with E-state index in [2.05, 4.69) is 58.9 Å². The first-order chi connectivity index (χ1) is 11.3. The lowest BCUT2D eigenvalue weighted by molar-refractivity contribution is 0.241. The van der Waals surface area contributed by atoms with E-state index in [0.29, 0.717) is 0 Å². The molecule has 0 spiro atoms. The van der Waals surface area contributed by atoms with Gasteiger partial charge < -0.3 is 5.32 Å². The van der Waals surface area contributed by atoms with Gasteiger partial charge in [0.25, 0.3) is 0 Å². The molecule has 0 amide bonds. The van der Waals surface area contributed by atoms with Crippen LogP contribution in [0.1, 0.15) is 23.6 Å². The van der Waals surface area contributed by atoms with Crippen LogP contribution in [0.3, 0.4) is 0 Å². The summed E-state index contributed by atoms with van der Waals surface area (Å²) < 4.78 is 0. The van der Waals surface area contributed by atoms with Crippen molar-refractivity contribution >= 4 is 23.4 Å². The predicted molar refractivity (Wildman–Crippen MR) is 101 cm³/mol. The zero-order chi connectivity index (χ0) is 16.1. The molecule has 0 bridgehead atoms. The largest absolute Gasteiger partial charge is 0.315 e. The highest BCUT2D eigenvalue weighted by atomic mass is 35.5. The van der Waals surface area contributed by atoms with E-state index in [1.807, 2.05) is 6.07 Å². The maximum atomic E-state index is 6.26. The van der Waals surface area contributed by atoms with Crippen LogP contribution in [-0.4, -0.2) is 37.3 Å². The number of nitrogens with zero attached hydrogens (tertiary/aromatic N) is 1. The van der Waals surface area contributed by atoms with E-state index in [0.717, 1.165) is 31.2 Å². The molecule has 2 nitrogen and oxygen atoms in total. The van der Waals surface area contributed by atoms with Crippen molar-refractivity contribution in [2.24, 2.45) is 0 Å². The molecule has 23 heavy (non-hydrogen) atoms. The molecule has 0 aliphatic carbocycles. The summed E-state index contributed by atoms with van der Waals surface area (Å²) in [6.07, 6.45) is 3.30. The Labute approximate surface area is 148 Å². The van der Waals surface area contributed by atoms with Gasteiger partial charge in [-0.05, 0) is 54.6 Å². The first kappa shape index (κ1) is 16.8. The van der Waals surface area contributed by atoms with E-state index >= 15 is 0 Å². The highest BCUT2D eigenvalue weighted by molar-refractivity contribution is 7.98. The first-order valence-corrected chi connectivity index (χ1v) is 9.72. The predicted octanol–water partition coefficient (Wildman–Crippen LogP) is 4.45. The Hall–Kier alpha value is -1.00. The second-order valence-corrected chi connectivity index (χ2v) is 7.19. The standard InChI is InChI=1S/C19H23ClN2S/c1-23-18-8-6-15(7-9-18)19(16-4-2-5-17(20)14-16)22-12-3-10-21-11-13-22/h2,4-9,14,19,21H,3,10-13H2,1H3. The number of thioether (sulfide) groups is 1. The van der Waals surface area contributed by atoms with Crippen LogP contribution < -0.4 is 5.32 Å². The molecule has 3 rings (SSSR count). The number of halogens is 1. The molecule has 0 saturated carbocycles. The number of nitrogens with one attached hydrogen (secondary N) is 1. The van der Waals surface area contributed by atoms with Gasteiger partial charge >= 0.3 is 0 Å². The maximum Gasteiger partial charge on any atom is 0.0602 e. The van der Waals surface area contributed by atoms with Gasteiger partial charge in [0.05, 0.1) is 6.04 Å². The molecular weight excluding hydrogens is 324 g/mol. The fourth-order valence-corrected chi connectivity index (χ4v) is 3.81. The van der Waals surface area contributed by atoms with Crippen molar-refractivity contribution < 1.29 is 0 Å². The van der Waals surface area contributed by atoms with Crippen LogP contribution in [0.4, 0.5) is 0 Å². The van der Waals surface area contributed by atoms with Crippen LogP contribution in [0.25, 0.3) is 0 Å². The second kappa shape index (κ2) is 8.20. The summed E-state index contributed by atoms with van der Waals surface area (Å²) in [6.45, 7) is 4.31. The number of rotatable bonds is 4. The van der Waals surface area contributed by atoms with Crippen molar-refractivity contribution in [1.29, 1.82) is 0 Å². The summed E-state index contributed by atoms with van der Waals surface area (Å²) in [4.78, 5) is 3.87. The third-order valence-electron chi connectivity index (χ3n) is 4.34. The molecule has 2 aromatic carbocycles. The molecule has 0 aromatic heterocycles. The van der Waals surface area contributed by atoms with E-state index in [1.54, 1.807) is 11.8 Å². The fourth-order valence-electron chi connectivity index (χ4n) is 3.20. The van der Waals surface area contributed by atoms with Crippen molar-refractivity contribution in [2.45, 2.75) is 17.4 Å². The Bertz CT molecular complexity index is 622. The third kappa shape index (κ3) is 4.30. The molecule has 1 aliphatic heterocycles. The summed E-state index contributed by atoms with van der Waals surface area (Å²) in [5.74, 6) is 0. The van der Waals surface area contributed by atoms with Gasteiger partial charge in [0.15, 0.2) is 0 Å². The van der Waals surface area contributed by atoms with Gasteiger partial charge in [-0.15, -0.1) is 11.8 Å². The Morgan fingerprint density at radius 1 is 1.04 bits per heavy atom. The maximum absolute atomic E-state index is 6.26. The van der Waals surface area contributed by atoms with Crippen molar-refractivity contribution in [2.75, 3.05) is 32.4 Å². The van der Waals surface area contributed by atoms with Crippen molar-refractivity contribution in [3.63, 3.8) is 0 Å². The molecule has 122 valence electrons. The SMILES string of the molecule is CSc1ccc(C(c2cccc(Cl)c2)N2CCCNCC2)cc1. The number of hydrogen-bond donors (Lipinski definition) is 1. The molecule has 1 fully saturated rings. The van der Waals surface area contributed by atoms with Gasteiger partial charge in [-0.1, -0.05) is 35.9 Å². The summed E-state index contributed by atoms with van der Waals surface area (Å²) >= 11 is 8.04. The molecule has 1 unspecified atom stereocenters. The average Bonchev–Trinajstić information content (AvgIpc) is 2.85. The Morgan fingerprint density at radius 2 is 1.87 bits per heavy atom. The third-order valence-corrected chi connectivity index (χ3v) is 5.31. The zero-order valence-electron chi connectivity index (χ0n) is 13.5. The van der Waals surface area contributed by atoms with Crippen molar-refractivity contribution in [3.8, 4) is 0 Å². The van der Waals surface area contributed by atoms with Crippen LogP contribution in [-0.2, 0) is 0 Å². The van der Waals surface area contributed by atoms with E-state index in [9.17, 15) is 0 Å². The monoisotopic (exact) mass is 346 g/mol. The summed E-state index contributed by atoms with van der Waals surface area (Å²) in [6, 6.07) is 17.5. The lowest BCUT2D eigenvalue weighted by Crippen LogP contribution is -2.33. The van der Waals surface area contributed by atoms with Crippen LogP contribution in [0.5, 0.6) is 0 Å². The number of hydrogen-bond acceptors (Lipinski definition) is 3. The summed E-state index contributed by atoms with van der Waals surface area (Å²) in [5, 5.41) is 4.30. The van der Waals surface area contributed by atoms with E-state index in [-0.39, 0.29) is 6.04 Å². The zero-order valence-corrected chi connectivity index (χ0v) is 15.0. The minimum absolute atomic E-state index is 0.268. The van der Waals surface area contributed by atoms with E-state index in [1.165, 1.54) is 22.4 Å². The van der Waals surface area contributed by atoms with Crippen molar-refractivity contribution in [3.05, 3.63) is 64.7 Å². The van der Waals surface area contributed by atoms with Gasteiger partial charge in [0.2, 0.25) is 0 Å². The molecular formula is C19H23ClN2S. The molecule has 1 atom stereocenters. The Balaban J connectivity index is 1.97. The first-order valence-electron chi connectivity index (χ1n) is 8.12. The molecule has 0 radical (unpaired) electrons. The number of benzene rings is 2. The average molecular weight is 347 g/mol. The highest BCUT2D eigenvalue weighted by Crippen LogP contribution is 2.31. The van der Waals surface area contributed by atoms with Gasteiger partial charge in [-0.2, -0.15) is 0 Å². The topological polar surface area (TPSA) is 15.3 Å². The summed E-state index contributed by atoms with van der Waals surface area (Å²) in [5.41, 5.74) is 2.61. The van der Waals surface area contributed by atoms with Gasteiger partial charge in [0.1, 0.15) is 0 Å². The van der Waals surface area contributed by atoms with Gasteiger partial charge in [0, 0.05) is 29.6 Å². The molecule has 1 heterocycles. The summed E-state index contributed by atoms with van der Waals surface area (Å²) in [7, 11) is 0. The highest BCUT2D eigenvalue weighted by Gasteiger charge is 2.23. The minimum Gasteiger partial charge on any atom is -0.315 e. The Morgan fingerprint density at radius 3 is 2.61 bits per heavy atom. The molecule has 2 aromatic rings. The van der Waals surface area contributed by atoms with E-state index < -0.39 is 0 Å². The molecule has 1 aliphatic rings. The van der Waals surface area contributed by atoms with Crippen LogP contribution >= 0.6 is 23.4 Å². The Kier molecular flexibility index (Phi) is 6.01. The quantitative estimate of drug-likeness (QED) is 0.823. The van der Waals surface area contributed by atoms with Crippen LogP contribution in [0, 0.1) is 0 Å². The normalized spacial score (nSPS) is 17.7. The fraction of sp³-hybridized carbons (Fsp3) is 0.368.